The third-order valence-electron chi connectivity index (χ3n) is 2.90. The lowest BCUT2D eigenvalue weighted by atomic mass is 9.93. The Hall–Kier alpha value is -2.18. The van der Waals surface area contributed by atoms with Crippen LogP contribution in [0.2, 0.25) is 0 Å². The number of H-pyrrole nitrogens is 1. The van der Waals surface area contributed by atoms with Crippen molar-refractivity contribution in [3.05, 3.63) is 27.3 Å². The van der Waals surface area contributed by atoms with E-state index in [1.807, 2.05) is 20.8 Å². The van der Waals surface area contributed by atoms with Crippen molar-refractivity contribution in [2.24, 2.45) is 0 Å². The summed E-state index contributed by atoms with van der Waals surface area (Å²) in [5.41, 5.74) is 0.998. The molecule has 2 aromatic heterocycles. The van der Waals surface area contributed by atoms with Crippen molar-refractivity contribution < 1.29 is 9.90 Å². The summed E-state index contributed by atoms with van der Waals surface area (Å²) in [5, 5.41) is 19.7. The Morgan fingerprint density at radius 1 is 1.37 bits per heavy atom. The third kappa shape index (κ3) is 2.23. The number of fused-ring (bicyclic) bond motifs is 1. The van der Waals surface area contributed by atoms with E-state index < -0.39 is 11.4 Å². The summed E-state index contributed by atoms with van der Waals surface area (Å²) in [6.45, 7) is 7.33. The van der Waals surface area contributed by atoms with E-state index in [9.17, 15) is 9.59 Å². The van der Waals surface area contributed by atoms with Gasteiger partial charge in [-0.25, -0.2) is 0 Å². The molecule has 0 fully saturated rings. The van der Waals surface area contributed by atoms with Crippen LogP contribution in [-0.2, 0) is 16.6 Å². The molecular weight excluding hydrogens is 248 g/mol. The van der Waals surface area contributed by atoms with E-state index in [1.165, 1.54) is 4.52 Å². The smallest absolute Gasteiger partial charge is 0.308 e. The molecule has 0 spiro atoms. The maximum atomic E-state index is 12.3. The monoisotopic (exact) mass is 264 g/mol. The molecule has 2 aromatic rings. The summed E-state index contributed by atoms with van der Waals surface area (Å²) in [4.78, 5) is 23.1. The summed E-state index contributed by atoms with van der Waals surface area (Å²) >= 11 is 0. The van der Waals surface area contributed by atoms with Crippen LogP contribution in [0.1, 0.15) is 37.7 Å². The van der Waals surface area contributed by atoms with Crippen molar-refractivity contribution in [2.45, 2.75) is 39.5 Å². The fourth-order valence-electron chi connectivity index (χ4n) is 1.92. The number of aromatic amines is 1. The minimum absolute atomic E-state index is 0.193. The molecule has 0 aliphatic rings. The molecule has 7 nitrogen and oxygen atoms in total. The molecule has 0 unspecified atom stereocenters. The van der Waals surface area contributed by atoms with Gasteiger partial charge >= 0.3 is 5.97 Å². The third-order valence-corrected chi connectivity index (χ3v) is 2.90. The van der Waals surface area contributed by atoms with Crippen LogP contribution in [0.3, 0.4) is 0 Å². The van der Waals surface area contributed by atoms with Crippen LogP contribution in [0, 0.1) is 6.92 Å². The summed E-state index contributed by atoms with van der Waals surface area (Å²) < 4.78 is 1.27. The topological polar surface area (TPSA) is 100 Å². The van der Waals surface area contributed by atoms with Crippen LogP contribution in [-0.4, -0.2) is 30.9 Å². The van der Waals surface area contributed by atoms with Gasteiger partial charge in [0.25, 0.3) is 5.56 Å². The van der Waals surface area contributed by atoms with E-state index in [-0.39, 0.29) is 17.6 Å². The minimum Gasteiger partial charge on any atom is -0.481 e. The zero-order chi connectivity index (χ0) is 14.4. The van der Waals surface area contributed by atoms with Gasteiger partial charge in [-0.15, -0.1) is 10.2 Å². The molecule has 0 aliphatic carbocycles. The number of aliphatic carboxylic acids is 1. The van der Waals surface area contributed by atoms with Crippen molar-refractivity contribution in [3.63, 3.8) is 0 Å². The minimum atomic E-state index is -0.973. The highest BCUT2D eigenvalue weighted by Gasteiger charge is 2.24. The molecule has 0 bridgehead atoms. The van der Waals surface area contributed by atoms with Gasteiger partial charge in [0.05, 0.1) is 6.42 Å². The summed E-state index contributed by atoms with van der Waals surface area (Å²) in [6.07, 6.45) is -0.193. The van der Waals surface area contributed by atoms with Gasteiger partial charge in [-0.05, 0) is 6.92 Å². The van der Waals surface area contributed by atoms with E-state index in [0.717, 1.165) is 0 Å². The van der Waals surface area contributed by atoms with Crippen LogP contribution in [0.25, 0.3) is 5.65 Å². The molecule has 102 valence electrons. The lowest BCUT2D eigenvalue weighted by Crippen LogP contribution is -2.30. The van der Waals surface area contributed by atoms with Crippen LogP contribution in [0.4, 0.5) is 0 Å². The van der Waals surface area contributed by atoms with E-state index in [2.05, 4.69) is 15.3 Å². The first kappa shape index (κ1) is 13.3. The van der Waals surface area contributed by atoms with E-state index in [4.69, 9.17) is 5.11 Å². The molecule has 2 N–H and O–H groups in total. The van der Waals surface area contributed by atoms with E-state index in [0.29, 0.717) is 17.0 Å². The highest BCUT2D eigenvalue weighted by Crippen LogP contribution is 2.17. The Balaban J connectivity index is 2.74. The SMILES string of the molecule is Cc1[nH]n2c(=O)c(C(C)(C)C)nnc2c1CC(=O)O. The second kappa shape index (κ2) is 4.18. The molecule has 0 radical (unpaired) electrons. The van der Waals surface area contributed by atoms with Gasteiger partial charge in [0, 0.05) is 16.7 Å². The van der Waals surface area contributed by atoms with Crippen molar-refractivity contribution >= 4 is 11.6 Å². The normalized spacial score (nSPS) is 12.0. The number of carboxylic acids is 1. The van der Waals surface area contributed by atoms with Crippen LogP contribution >= 0.6 is 0 Å². The van der Waals surface area contributed by atoms with Crippen LogP contribution in [0.15, 0.2) is 4.79 Å². The highest BCUT2D eigenvalue weighted by molar-refractivity contribution is 5.73. The molecule has 7 heteroatoms. The zero-order valence-corrected chi connectivity index (χ0v) is 11.3. The van der Waals surface area contributed by atoms with Crippen molar-refractivity contribution in [1.82, 2.24) is 19.8 Å². The maximum Gasteiger partial charge on any atom is 0.308 e. The molecule has 0 saturated heterocycles. The number of carbonyl (C=O) groups is 1. The van der Waals surface area contributed by atoms with Crippen molar-refractivity contribution in [1.29, 1.82) is 0 Å². The molecule has 2 heterocycles. The Labute approximate surface area is 109 Å². The van der Waals surface area contributed by atoms with Gasteiger partial charge in [0.15, 0.2) is 5.65 Å². The van der Waals surface area contributed by atoms with Crippen LogP contribution in [0.5, 0.6) is 0 Å². The number of nitrogens with one attached hydrogen (secondary N) is 1. The lowest BCUT2D eigenvalue weighted by Gasteiger charge is -2.15. The average Bonchev–Trinajstić information content (AvgIpc) is 2.55. The zero-order valence-electron chi connectivity index (χ0n) is 11.3. The summed E-state index contributed by atoms with van der Waals surface area (Å²) in [7, 11) is 0. The first-order valence-corrected chi connectivity index (χ1v) is 5.91. The number of hydrogen-bond donors (Lipinski definition) is 2. The van der Waals surface area contributed by atoms with Gasteiger partial charge in [-0.3, -0.25) is 14.7 Å². The lowest BCUT2D eigenvalue weighted by molar-refractivity contribution is -0.136. The molecule has 19 heavy (non-hydrogen) atoms. The van der Waals surface area contributed by atoms with E-state index >= 15 is 0 Å². The van der Waals surface area contributed by atoms with Gasteiger partial charge in [-0.1, -0.05) is 20.8 Å². The highest BCUT2D eigenvalue weighted by atomic mass is 16.4. The second-order valence-corrected chi connectivity index (χ2v) is 5.55. The number of aromatic nitrogens is 4. The molecule has 0 aromatic carbocycles. The maximum absolute atomic E-state index is 12.3. The Morgan fingerprint density at radius 3 is 2.53 bits per heavy atom. The molecular formula is C12H16N4O3. The molecule has 0 saturated carbocycles. The number of aryl methyl sites for hydroxylation is 1. The Kier molecular flexibility index (Phi) is 2.92. The molecule has 2 rings (SSSR count). The second-order valence-electron chi connectivity index (χ2n) is 5.55. The molecule has 0 amide bonds. The van der Waals surface area contributed by atoms with Crippen molar-refractivity contribution in [3.8, 4) is 0 Å². The summed E-state index contributed by atoms with van der Waals surface area (Å²) in [5.74, 6) is -0.973. The van der Waals surface area contributed by atoms with E-state index in [1.54, 1.807) is 6.92 Å². The van der Waals surface area contributed by atoms with Crippen molar-refractivity contribution in [2.75, 3.05) is 0 Å². The average molecular weight is 264 g/mol. The predicted octanol–water partition coefficient (Wildman–Crippen LogP) is 0.651. The van der Waals surface area contributed by atoms with Gasteiger partial charge in [0.2, 0.25) is 0 Å². The largest absolute Gasteiger partial charge is 0.481 e. The number of rotatable bonds is 2. The number of hydrogen-bond acceptors (Lipinski definition) is 4. The molecule has 0 atom stereocenters. The fraction of sp³-hybridized carbons (Fsp3) is 0.500. The first-order chi connectivity index (χ1) is 8.71. The molecule has 0 aliphatic heterocycles. The standard InChI is InChI=1S/C12H16N4O3/c1-6-7(5-8(17)18)10-14-13-9(12(2,3)4)11(19)16(10)15-6/h15H,5H2,1-4H3,(H,17,18). The summed E-state index contributed by atoms with van der Waals surface area (Å²) in [6, 6.07) is 0. The quantitative estimate of drug-likeness (QED) is 0.829. The Bertz CT molecular complexity index is 706. The number of carboxylic acid groups (broad SMARTS) is 1. The Morgan fingerprint density at radius 2 is 2.00 bits per heavy atom. The van der Waals surface area contributed by atoms with Crippen LogP contribution < -0.4 is 5.56 Å². The predicted molar refractivity (Wildman–Crippen MR) is 68.4 cm³/mol. The number of nitrogens with zero attached hydrogens (tertiary/aromatic N) is 3. The van der Waals surface area contributed by atoms with Gasteiger partial charge in [0.1, 0.15) is 5.69 Å². The first-order valence-electron chi connectivity index (χ1n) is 5.91. The fourth-order valence-corrected chi connectivity index (χ4v) is 1.92. The van der Waals surface area contributed by atoms with Gasteiger partial charge < -0.3 is 5.11 Å². The van der Waals surface area contributed by atoms with Gasteiger partial charge in [-0.2, -0.15) is 4.52 Å².